The Morgan fingerprint density at radius 3 is 2.40 bits per heavy atom. The number of aromatic nitrogens is 3. The summed E-state index contributed by atoms with van der Waals surface area (Å²) in [6.07, 6.45) is -4.28. The van der Waals surface area contributed by atoms with Crippen LogP contribution in [-0.2, 0) is 12.7 Å². The number of nitrogens with zero attached hydrogens (tertiary/aromatic N) is 5. The van der Waals surface area contributed by atoms with E-state index in [-0.39, 0.29) is 17.3 Å². The number of carbonyl (C=O) groups excluding carboxylic acids is 1. The number of benzene rings is 2. The van der Waals surface area contributed by atoms with Gasteiger partial charge in [-0.3, -0.25) is 4.90 Å². The van der Waals surface area contributed by atoms with Gasteiger partial charge in [-0.2, -0.15) is 18.3 Å². The lowest BCUT2D eigenvalue weighted by atomic mass is 9.84. The van der Waals surface area contributed by atoms with Gasteiger partial charge in [-0.05, 0) is 47.4 Å². The summed E-state index contributed by atoms with van der Waals surface area (Å²) < 4.78 is 54.8. The van der Waals surface area contributed by atoms with Gasteiger partial charge in [0.1, 0.15) is 17.7 Å². The highest BCUT2D eigenvalue weighted by atomic mass is 19.4. The lowest BCUT2D eigenvalue weighted by Crippen LogP contribution is -2.59. The summed E-state index contributed by atoms with van der Waals surface area (Å²) in [7, 11) is 0. The molecule has 1 unspecified atom stereocenters. The predicted octanol–water partition coefficient (Wildman–Crippen LogP) is 5.99. The fourth-order valence-electron chi connectivity index (χ4n) is 5.46. The molecule has 0 bridgehead atoms. The third-order valence-corrected chi connectivity index (χ3v) is 7.75. The lowest BCUT2D eigenvalue weighted by Gasteiger charge is -2.45. The van der Waals surface area contributed by atoms with E-state index in [0.717, 1.165) is 16.8 Å². The molecule has 3 heterocycles. The van der Waals surface area contributed by atoms with E-state index in [1.165, 1.54) is 11.2 Å². The molecule has 0 radical (unpaired) electrons. The van der Waals surface area contributed by atoms with Crippen molar-refractivity contribution in [3.63, 3.8) is 0 Å². The molecule has 238 valence electrons. The lowest BCUT2D eigenvalue weighted by molar-refractivity contribution is -0.137. The largest absolute Gasteiger partial charge is 0.465 e. The zero-order valence-electron chi connectivity index (χ0n) is 24.7. The van der Waals surface area contributed by atoms with E-state index in [1.807, 2.05) is 26.8 Å². The summed E-state index contributed by atoms with van der Waals surface area (Å²) in [5.41, 5.74) is 7.42. The molecule has 1 atom stereocenters. The van der Waals surface area contributed by atoms with Crippen molar-refractivity contribution in [2.45, 2.75) is 39.5 Å². The average molecular weight is 629 g/mol. The van der Waals surface area contributed by atoms with Crippen molar-refractivity contribution in [3.05, 3.63) is 71.9 Å². The fourth-order valence-corrected chi connectivity index (χ4v) is 5.46. The van der Waals surface area contributed by atoms with Crippen molar-refractivity contribution in [2.75, 3.05) is 36.0 Å². The summed E-state index contributed by atoms with van der Waals surface area (Å²) in [5.74, 6) is -0.762. The Labute approximate surface area is 255 Å². The first-order chi connectivity index (χ1) is 21.1. The molecule has 0 aliphatic carbocycles. The van der Waals surface area contributed by atoms with Gasteiger partial charge in [-0.1, -0.05) is 32.9 Å². The number of nitrogens with two attached hydrogens (primary N) is 1. The second-order valence-electron chi connectivity index (χ2n) is 11.9. The van der Waals surface area contributed by atoms with Gasteiger partial charge in [0.15, 0.2) is 5.82 Å². The normalized spacial score (nSPS) is 16.2. The summed E-state index contributed by atoms with van der Waals surface area (Å²) in [6.45, 7) is 7.96. The van der Waals surface area contributed by atoms with Gasteiger partial charge in [0.25, 0.3) is 0 Å². The van der Waals surface area contributed by atoms with Crippen LogP contribution in [0.25, 0.3) is 16.6 Å². The van der Waals surface area contributed by atoms with Crippen LogP contribution >= 0.6 is 0 Å². The van der Waals surface area contributed by atoms with Crippen LogP contribution in [-0.4, -0.2) is 67.3 Å². The number of alkyl halides is 3. The van der Waals surface area contributed by atoms with Crippen LogP contribution in [0.5, 0.6) is 0 Å². The van der Waals surface area contributed by atoms with Gasteiger partial charge in [0.05, 0.1) is 23.0 Å². The molecule has 15 heteroatoms. The van der Waals surface area contributed by atoms with Crippen molar-refractivity contribution >= 4 is 34.8 Å². The molecule has 5 rings (SSSR count). The fraction of sp³-hybridized carbons (Fsp3) is 0.333. The van der Waals surface area contributed by atoms with E-state index in [4.69, 9.17) is 5.73 Å². The van der Waals surface area contributed by atoms with Crippen LogP contribution in [0.2, 0.25) is 0 Å². The predicted molar refractivity (Wildman–Crippen MR) is 160 cm³/mol. The Kier molecular flexibility index (Phi) is 8.31. The molecular weight excluding hydrogens is 596 g/mol. The number of anilines is 3. The third kappa shape index (κ3) is 6.77. The van der Waals surface area contributed by atoms with Crippen molar-refractivity contribution in [1.29, 1.82) is 0 Å². The zero-order valence-corrected chi connectivity index (χ0v) is 24.7. The molecule has 5 N–H and O–H groups in total. The first-order valence-corrected chi connectivity index (χ1v) is 14.0. The number of halogens is 4. The number of hydrogen-bond donors (Lipinski definition) is 4. The first kappa shape index (κ1) is 31.5. The highest BCUT2D eigenvalue weighted by Gasteiger charge is 2.38. The molecule has 45 heavy (non-hydrogen) atoms. The minimum absolute atomic E-state index is 0.212. The van der Waals surface area contributed by atoms with E-state index >= 15 is 0 Å². The standard InChI is InChI=1S/C30H32F4N8O3/c1-29(2,3)24-15-40(10-11-41(24)28(44)45)14-20-13-21(25-26(35)36-16-37-42(20)25)17-4-7-19(8-5-17)38-27(43)39-23-12-18(30(32,33)34)6-9-22(23)31/h4-9,12-13,16,24H,10-11,14-15H2,1-3H3,(H,44,45)(H2,35,36,37)(H2,38,39,43). The first-order valence-electron chi connectivity index (χ1n) is 14.0. The average Bonchev–Trinajstić information content (AvgIpc) is 3.32. The molecule has 1 saturated heterocycles. The number of hydrogen-bond acceptors (Lipinski definition) is 6. The van der Waals surface area contributed by atoms with Crippen molar-refractivity contribution < 1.29 is 32.3 Å². The topological polar surface area (TPSA) is 141 Å². The van der Waals surface area contributed by atoms with Crippen LogP contribution in [0, 0.1) is 11.2 Å². The number of amides is 3. The molecule has 0 spiro atoms. The van der Waals surface area contributed by atoms with Crippen LogP contribution in [0.3, 0.4) is 0 Å². The van der Waals surface area contributed by atoms with E-state index in [9.17, 15) is 32.3 Å². The second kappa shape index (κ2) is 11.9. The van der Waals surface area contributed by atoms with Gasteiger partial charge in [-0.15, -0.1) is 0 Å². The number of carboxylic acid groups (broad SMARTS) is 1. The maximum Gasteiger partial charge on any atom is 0.416 e. The van der Waals surface area contributed by atoms with Crippen molar-refractivity contribution in [2.24, 2.45) is 5.41 Å². The second-order valence-corrected chi connectivity index (χ2v) is 11.9. The summed E-state index contributed by atoms with van der Waals surface area (Å²) >= 11 is 0. The molecular formula is C30H32F4N8O3. The molecule has 0 saturated carbocycles. The van der Waals surface area contributed by atoms with Gasteiger partial charge >= 0.3 is 18.3 Å². The molecule has 1 aliphatic rings. The van der Waals surface area contributed by atoms with E-state index in [0.29, 0.717) is 55.6 Å². The molecule has 3 amide bonds. The monoisotopic (exact) mass is 628 g/mol. The quantitative estimate of drug-likeness (QED) is 0.199. The highest BCUT2D eigenvalue weighted by Crippen LogP contribution is 2.34. The van der Waals surface area contributed by atoms with Gasteiger partial charge < -0.3 is 26.4 Å². The Bertz CT molecular complexity index is 1730. The SMILES string of the molecule is CC(C)(C)C1CN(Cc2cc(-c3ccc(NC(=O)Nc4cc(C(F)(F)F)ccc4F)cc3)c3c(N)ncnn23)CCN1C(=O)O. The number of nitrogens with one attached hydrogen (secondary N) is 2. The Hall–Kier alpha value is -4.92. The van der Waals surface area contributed by atoms with Gasteiger partial charge in [0.2, 0.25) is 0 Å². The van der Waals surface area contributed by atoms with E-state index < -0.39 is 35.4 Å². The minimum atomic E-state index is -4.70. The highest BCUT2D eigenvalue weighted by molar-refractivity contribution is 6.00. The Morgan fingerprint density at radius 1 is 1.04 bits per heavy atom. The van der Waals surface area contributed by atoms with Crippen LogP contribution < -0.4 is 16.4 Å². The molecule has 11 nitrogen and oxygen atoms in total. The van der Waals surface area contributed by atoms with E-state index in [2.05, 4.69) is 25.6 Å². The van der Waals surface area contributed by atoms with Crippen molar-refractivity contribution in [1.82, 2.24) is 24.4 Å². The number of urea groups is 1. The number of nitrogen functional groups attached to an aromatic ring is 1. The maximum absolute atomic E-state index is 14.1. The van der Waals surface area contributed by atoms with Crippen LogP contribution in [0.4, 0.5) is 44.3 Å². The van der Waals surface area contributed by atoms with E-state index in [1.54, 1.807) is 28.8 Å². The van der Waals surface area contributed by atoms with Crippen molar-refractivity contribution in [3.8, 4) is 11.1 Å². The maximum atomic E-state index is 14.1. The summed E-state index contributed by atoms with van der Waals surface area (Å²) in [5, 5.41) is 18.7. The van der Waals surface area contributed by atoms with Crippen LogP contribution in [0.15, 0.2) is 54.9 Å². The molecule has 4 aromatic rings. The zero-order chi connectivity index (χ0) is 32.7. The van der Waals surface area contributed by atoms with Gasteiger partial charge in [0, 0.05) is 37.4 Å². The number of carbonyl (C=O) groups is 2. The molecule has 2 aromatic carbocycles. The summed E-state index contributed by atoms with van der Waals surface area (Å²) in [4.78, 5) is 32.1. The third-order valence-electron chi connectivity index (χ3n) is 7.75. The summed E-state index contributed by atoms with van der Waals surface area (Å²) in [6, 6.07) is 9.14. The molecule has 2 aromatic heterocycles. The smallest absolute Gasteiger partial charge is 0.416 e. The number of fused-ring (bicyclic) bond motifs is 1. The van der Waals surface area contributed by atoms with Gasteiger partial charge in [-0.25, -0.2) is 23.5 Å². The van der Waals surface area contributed by atoms with Crippen LogP contribution in [0.1, 0.15) is 32.0 Å². The molecule has 1 aliphatic heterocycles. The minimum Gasteiger partial charge on any atom is -0.465 e. The molecule has 1 fully saturated rings. The number of rotatable bonds is 5. The Balaban J connectivity index is 1.35. The number of piperazine rings is 1. The Morgan fingerprint density at radius 2 is 1.76 bits per heavy atom.